The molecule has 0 bridgehead atoms. The summed E-state index contributed by atoms with van der Waals surface area (Å²) in [6, 6.07) is 9.92. The summed E-state index contributed by atoms with van der Waals surface area (Å²) in [5, 5.41) is 0. The van der Waals surface area contributed by atoms with E-state index >= 15 is 0 Å². The van der Waals surface area contributed by atoms with Gasteiger partial charge in [0.05, 0.1) is 19.6 Å². The fourth-order valence-corrected chi connectivity index (χ4v) is 4.69. The van der Waals surface area contributed by atoms with Crippen LogP contribution in [0.15, 0.2) is 30.3 Å². The molecule has 3 aliphatic heterocycles. The molecule has 1 aromatic carbocycles. The summed E-state index contributed by atoms with van der Waals surface area (Å²) >= 11 is 0. The quantitative estimate of drug-likeness (QED) is 0.600. The Morgan fingerprint density at radius 3 is 2.63 bits per heavy atom. The summed E-state index contributed by atoms with van der Waals surface area (Å²) in [6.07, 6.45) is 1.01. The average molecular weight is 420 g/mol. The zero-order valence-electron chi connectivity index (χ0n) is 18.1. The van der Waals surface area contributed by atoms with Gasteiger partial charge in [0, 0.05) is 6.04 Å². The van der Waals surface area contributed by atoms with Gasteiger partial charge in [-0.15, -0.1) is 0 Å². The van der Waals surface area contributed by atoms with Crippen molar-refractivity contribution in [1.82, 2.24) is 4.90 Å². The van der Waals surface area contributed by atoms with Crippen LogP contribution in [-0.4, -0.2) is 67.0 Å². The minimum Gasteiger partial charge on any atom is -0.466 e. The smallest absolute Gasteiger partial charge is 0.307 e. The summed E-state index contributed by atoms with van der Waals surface area (Å²) in [5.74, 6) is -0.932. The molecule has 1 aromatic rings. The molecule has 30 heavy (non-hydrogen) atoms. The Hall–Kier alpha value is -1.51. The van der Waals surface area contributed by atoms with E-state index < -0.39 is 12.1 Å². The standard InChI is InChI=1S/C23H33NO6/c1-4-26-18(25)14-17(24-12-8-9-13-24)19-20(27-15-16-10-6-5-7-11-16)21-22(28-19)30-23(2,3)29-21/h5-7,10-11,17,19-22H,4,8-9,12-15H2,1-3H3/t17-,19+,20-,21+,22+/m0/s1. The predicted molar refractivity (Wildman–Crippen MR) is 110 cm³/mol. The molecule has 3 saturated heterocycles. The van der Waals surface area contributed by atoms with E-state index in [0.29, 0.717) is 13.2 Å². The first-order valence-corrected chi connectivity index (χ1v) is 11.0. The monoisotopic (exact) mass is 419 g/mol. The van der Waals surface area contributed by atoms with Crippen molar-refractivity contribution in [2.24, 2.45) is 0 Å². The summed E-state index contributed by atoms with van der Waals surface area (Å²) in [4.78, 5) is 14.7. The number of carbonyl (C=O) groups is 1. The van der Waals surface area contributed by atoms with E-state index in [4.69, 9.17) is 23.7 Å². The molecule has 7 nitrogen and oxygen atoms in total. The Bertz CT molecular complexity index is 705. The molecular formula is C23H33NO6. The summed E-state index contributed by atoms with van der Waals surface area (Å²) < 4.78 is 30.1. The van der Waals surface area contributed by atoms with E-state index in [1.807, 2.05) is 51.1 Å². The molecule has 0 amide bonds. The summed E-state index contributed by atoms with van der Waals surface area (Å²) in [5.41, 5.74) is 1.08. The van der Waals surface area contributed by atoms with Gasteiger partial charge in [-0.3, -0.25) is 9.69 Å². The van der Waals surface area contributed by atoms with Crippen LogP contribution < -0.4 is 0 Å². The van der Waals surface area contributed by atoms with Crippen LogP contribution in [0, 0.1) is 0 Å². The molecule has 3 fully saturated rings. The van der Waals surface area contributed by atoms with Gasteiger partial charge in [0.1, 0.15) is 18.3 Å². The second-order valence-electron chi connectivity index (χ2n) is 8.65. The molecule has 0 spiro atoms. The van der Waals surface area contributed by atoms with Gasteiger partial charge >= 0.3 is 5.97 Å². The van der Waals surface area contributed by atoms with Crippen molar-refractivity contribution >= 4 is 5.97 Å². The molecular weight excluding hydrogens is 386 g/mol. The van der Waals surface area contributed by atoms with E-state index in [9.17, 15) is 4.79 Å². The maximum absolute atomic E-state index is 12.4. The lowest BCUT2D eigenvalue weighted by Crippen LogP contribution is -2.50. The van der Waals surface area contributed by atoms with Gasteiger partial charge in [-0.05, 0) is 52.3 Å². The molecule has 166 valence electrons. The first-order valence-electron chi connectivity index (χ1n) is 11.0. The van der Waals surface area contributed by atoms with E-state index in [1.165, 1.54) is 0 Å². The number of likely N-dealkylation sites (tertiary alicyclic amines) is 1. The Morgan fingerprint density at radius 2 is 1.93 bits per heavy atom. The number of fused-ring (bicyclic) bond motifs is 1. The fourth-order valence-electron chi connectivity index (χ4n) is 4.69. The zero-order chi connectivity index (χ0) is 21.1. The first-order chi connectivity index (χ1) is 14.5. The highest BCUT2D eigenvalue weighted by Gasteiger charge is 2.58. The average Bonchev–Trinajstić information content (AvgIpc) is 3.41. The van der Waals surface area contributed by atoms with Gasteiger partial charge < -0.3 is 23.7 Å². The lowest BCUT2D eigenvalue weighted by atomic mass is 9.99. The van der Waals surface area contributed by atoms with Crippen molar-refractivity contribution in [1.29, 1.82) is 0 Å². The highest BCUT2D eigenvalue weighted by molar-refractivity contribution is 5.70. The molecule has 0 aliphatic carbocycles. The van der Waals surface area contributed by atoms with E-state index in [1.54, 1.807) is 0 Å². The number of esters is 1. The molecule has 3 heterocycles. The van der Waals surface area contributed by atoms with Gasteiger partial charge in [0.25, 0.3) is 0 Å². The number of rotatable bonds is 8. The zero-order valence-corrected chi connectivity index (χ0v) is 18.1. The number of ether oxygens (including phenoxy) is 5. The van der Waals surface area contributed by atoms with Crippen molar-refractivity contribution in [3.63, 3.8) is 0 Å². The minimum absolute atomic E-state index is 0.131. The minimum atomic E-state index is -0.723. The largest absolute Gasteiger partial charge is 0.466 e. The molecule has 7 heteroatoms. The van der Waals surface area contributed by atoms with Crippen LogP contribution in [0.1, 0.15) is 45.6 Å². The number of hydrogen-bond acceptors (Lipinski definition) is 7. The molecule has 0 saturated carbocycles. The van der Waals surface area contributed by atoms with Gasteiger partial charge in [-0.25, -0.2) is 0 Å². The second kappa shape index (κ2) is 9.32. The van der Waals surface area contributed by atoms with Crippen LogP contribution in [-0.2, 0) is 35.1 Å². The molecule has 3 aliphatic rings. The van der Waals surface area contributed by atoms with Gasteiger partial charge in [0.2, 0.25) is 0 Å². The van der Waals surface area contributed by atoms with Crippen LogP contribution in [0.2, 0.25) is 0 Å². The molecule has 0 unspecified atom stereocenters. The highest BCUT2D eigenvalue weighted by Crippen LogP contribution is 2.41. The maximum Gasteiger partial charge on any atom is 0.307 e. The summed E-state index contributed by atoms with van der Waals surface area (Å²) in [7, 11) is 0. The van der Waals surface area contributed by atoms with Gasteiger partial charge in [-0.1, -0.05) is 30.3 Å². The van der Waals surface area contributed by atoms with Gasteiger partial charge in [0.15, 0.2) is 12.1 Å². The van der Waals surface area contributed by atoms with Crippen molar-refractivity contribution in [2.45, 2.75) is 83.1 Å². The van der Waals surface area contributed by atoms with Crippen LogP contribution in [0.25, 0.3) is 0 Å². The SMILES string of the molecule is CCOC(=O)C[C@@H]([C@H]1O[C@@H]2OC(C)(C)O[C@@H]2[C@H]1OCc1ccccc1)N1CCCC1. The number of hydrogen-bond donors (Lipinski definition) is 0. The molecule has 5 atom stereocenters. The molecule has 0 radical (unpaired) electrons. The van der Waals surface area contributed by atoms with Gasteiger partial charge in [-0.2, -0.15) is 0 Å². The fraction of sp³-hybridized carbons (Fsp3) is 0.696. The maximum atomic E-state index is 12.4. The topological polar surface area (TPSA) is 66.5 Å². The first kappa shape index (κ1) is 21.7. The van der Waals surface area contributed by atoms with Crippen LogP contribution in [0.4, 0.5) is 0 Å². The lowest BCUT2D eigenvalue weighted by Gasteiger charge is -2.35. The van der Waals surface area contributed by atoms with Crippen molar-refractivity contribution < 1.29 is 28.5 Å². The van der Waals surface area contributed by atoms with Crippen molar-refractivity contribution in [3.8, 4) is 0 Å². The van der Waals surface area contributed by atoms with Crippen LogP contribution in [0.3, 0.4) is 0 Å². The van der Waals surface area contributed by atoms with Crippen LogP contribution >= 0.6 is 0 Å². The lowest BCUT2D eigenvalue weighted by molar-refractivity contribution is -0.227. The van der Waals surface area contributed by atoms with E-state index in [2.05, 4.69) is 4.90 Å². The van der Waals surface area contributed by atoms with Crippen molar-refractivity contribution in [2.75, 3.05) is 19.7 Å². The normalized spacial score (nSPS) is 31.6. The van der Waals surface area contributed by atoms with E-state index in [-0.39, 0.29) is 36.7 Å². The van der Waals surface area contributed by atoms with E-state index in [0.717, 1.165) is 31.5 Å². The Labute approximate surface area is 178 Å². The third kappa shape index (κ3) is 4.86. The Balaban J connectivity index is 1.54. The number of nitrogens with zero attached hydrogens (tertiary/aromatic N) is 1. The molecule has 0 aromatic heterocycles. The third-order valence-corrected chi connectivity index (χ3v) is 5.98. The second-order valence-corrected chi connectivity index (χ2v) is 8.65. The van der Waals surface area contributed by atoms with Crippen LogP contribution in [0.5, 0.6) is 0 Å². The number of benzene rings is 1. The third-order valence-electron chi connectivity index (χ3n) is 5.98. The predicted octanol–water partition coefficient (Wildman–Crippen LogP) is 2.87. The summed E-state index contributed by atoms with van der Waals surface area (Å²) in [6.45, 7) is 8.30. The number of carbonyl (C=O) groups excluding carboxylic acids is 1. The highest BCUT2D eigenvalue weighted by atomic mass is 16.8. The Morgan fingerprint density at radius 1 is 1.20 bits per heavy atom. The molecule has 4 rings (SSSR count). The molecule has 0 N–H and O–H groups in total. The Kier molecular flexibility index (Phi) is 6.75. The van der Waals surface area contributed by atoms with Crippen molar-refractivity contribution in [3.05, 3.63) is 35.9 Å².